The number of hydrogen-bond acceptors (Lipinski definition) is 3. The topological polar surface area (TPSA) is 21.3 Å². The highest BCUT2D eigenvalue weighted by Gasteiger charge is 2.14. The SMILES string of the molecule is Sc1ccc(C2COCCN2)cc1. The second-order valence-corrected chi connectivity index (χ2v) is 3.69. The number of benzene rings is 1. The standard InChI is InChI=1S/C10H13NOS/c13-9-3-1-8(2-4-9)10-7-12-6-5-11-10/h1-4,10-11,13H,5-7H2. The molecule has 0 aromatic heterocycles. The first kappa shape index (κ1) is 9.06. The van der Waals surface area contributed by atoms with Crippen LogP contribution >= 0.6 is 12.6 Å². The van der Waals surface area contributed by atoms with E-state index in [9.17, 15) is 0 Å². The maximum absolute atomic E-state index is 5.39. The molecular formula is C10H13NOS. The first-order valence-corrected chi connectivity index (χ1v) is 4.91. The maximum Gasteiger partial charge on any atom is 0.0662 e. The van der Waals surface area contributed by atoms with Gasteiger partial charge in [0.2, 0.25) is 0 Å². The normalized spacial score (nSPS) is 23.0. The quantitative estimate of drug-likeness (QED) is 0.665. The van der Waals surface area contributed by atoms with E-state index in [4.69, 9.17) is 4.74 Å². The summed E-state index contributed by atoms with van der Waals surface area (Å²) in [5.74, 6) is 0. The Labute approximate surface area is 83.7 Å². The molecule has 2 rings (SSSR count). The van der Waals surface area contributed by atoms with Crippen LogP contribution in [0.2, 0.25) is 0 Å². The molecule has 0 radical (unpaired) electrons. The van der Waals surface area contributed by atoms with Gasteiger partial charge in [-0.05, 0) is 17.7 Å². The highest BCUT2D eigenvalue weighted by molar-refractivity contribution is 7.80. The molecule has 1 atom stereocenters. The van der Waals surface area contributed by atoms with Crippen molar-refractivity contribution in [3.8, 4) is 0 Å². The molecule has 0 amide bonds. The minimum absolute atomic E-state index is 0.350. The van der Waals surface area contributed by atoms with Crippen LogP contribution in [0, 0.1) is 0 Å². The van der Waals surface area contributed by atoms with Crippen LogP contribution in [0.25, 0.3) is 0 Å². The summed E-state index contributed by atoms with van der Waals surface area (Å²) in [7, 11) is 0. The molecule has 1 aromatic rings. The fraction of sp³-hybridized carbons (Fsp3) is 0.400. The zero-order valence-electron chi connectivity index (χ0n) is 7.36. The Morgan fingerprint density at radius 2 is 2.08 bits per heavy atom. The molecule has 1 unspecified atom stereocenters. The smallest absolute Gasteiger partial charge is 0.0662 e. The van der Waals surface area contributed by atoms with Crippen molar-refractivity contribution in [2.75, 3.05) is 19.8 Å². The Morgan fingerprint density at radius 3 is 2.69 bits per heavy atom. The Bertz CT molecular complexity index is 267. The molecule has 1 aliphatic heterocycles. The van der Waals surface area contributed by atoms with E-state index in [0.717, 1.165) is 24.7 Å². The van der Waals surface area contributed by atoms with Gasteiger partial charge in [-0.1, -0.05) is 12.1 Å². The second kappa shape index (κ2) is 4.13. The first-order chi connectivity index (χ1) is 6.36. The molecule has 1 N–H and O–H groups in total. The van der Waals surface area contributed by atoms with Gasteiger partial charge in [0.25, 0.3) is 0 Å². The lowest BCUT2D eigenvalue weighted by Gasteiger charge is -2.24. The third kappa shape index (κ3) is 2.24. The van der Waals surface area contributed by atoms with E-state index >= 15 is 0 Å². The molecule has 0 spiro atoms. The van der Waals surface area contributed by atoms with E-state index in [1.54, 1.807) is 0 Å². The molecule has 3 heteroatoms. The summed E-state index contributed by atoms with van der Waals surface area (Å²) >= 11 is 4.24. The number of thiol groups is 1. The number of nitrogens with one attached hydrogen (secondary N) is 1. The third-order valence-corrected chi connectivity index (χ3v) is 2.52. The van der Waals surface area contributed by atoms with E-state index in [1.165, 1.54) is 5.56 Å². The summed E-state index contributed by atoms with van der Waals surface area (Å²) in [4.78, 5) is 1.00. The minimum atomic E-state index is 0.350. The van der Waals surface area contributed by atoms with Crippen LogP contribution in [0.3, 0.4) is 0 Å². The van der Waals surface area contributed by atoms with E-state index in [1.807, 2.05) is 12.1 Å². The number of hydrogen-bond donors (Lipinski definition) is 2. The highest BCUT2D eigenvalue weighted by atomic mass is 32.1. The summed E-state index contributed by atoms with van der Waals surface area (Å²) in [6.07, 6.45) is 0. The van der Waals surface area contributed by atoms with Crippen LogP contribution in [0.5, 0.6) is 0 Å². The maximum atomic E-state index is 5.39. The number of ether oxygens (including phenoxy) is 1. The second-order valence-electron chi connectivity index (χ2n) is 3.17. The Balaban J connectivity index is 2.10. The van der Waals surface area contributed by atoms with E-state index < -0.39 is 0 Å². The summed E-state index contributed by atoms with van der Waals surface area (Å²) < 4.78 is 5.39. The van der Waals surface area contributed by atoms with Crippen molar-refractivity contribution in [1.82, 2.24) is 5.32 Å². The van der Waals surface area contributed by atoms with Crippen LogP contribution in [0.1, 0.15) is 11.6 Å². The summed E-state index contributed by atoms with van der Waals surface area (Å²) in [5, 5.41) is 3.40. The molecule has 70 valence electrons. The van der Waals surface area contributed by atoms with Crippen LogP contribution in [-0.4, -0.2) is 19.8 Å². The van der Waals surface area contributed by atoms with Crippen molar-refractivity contribution in [3.05, 3.63) is 29.8 Å². The predicted molar refractivity (Wildman–Crippen MR) is 55.3 cm³/mol. The Morgan fingerprint density at radius 1 is 1.31 bits per heavy atom. The van der Waals surface area contributed by atoms with Gasteiger partial charge >= 0.3 is 0 Å². The van der Waals surface area contributed by atoms with Gasteiger partial charge in [0.1, 0.15) is 0 Å². The summed E-state index contributed by atoms with van der Waals surface area (Å²) in [6, 6.07) is 8.55. The molecular weight excluding hydrogens is 182 g/mol. The van der Waals surface area contributed by atoms with Crippen molar-refractivity contribution >= 4 is 12.6 Å². The summed E-state index contributed by atoms with van der Waals surface area (Å²) in [6.45, 7) is 2.53. The lowest BCUT2D eigenvalue weighted by molar-refractivity contribution is 0.0769. The van der Waals surface area contributed by atoms with Crippen molar-refractivity contribution in [1.29, 1.82) is 0 Å². The van der Waals surface area contributed by atoms with Crippen molar-refractivity contribution in [2.24, 2.45) is 0 Å². The van der Waals surface area contributed by atoms with Crippen LogP contribution in [0.15, 0.2) is 29.2 Å². The fourth-order valence-corrected chi connectivity index (χ4v) is 1.64. The molecule has 1 aromatic carbocycles. The lowest BCUT2D eigenvalue weighted by Crippen LogP contribution is -2.34. The number of rotatable bonds is 1. The molecule has 0 aliphatic carbocycles. The average molecular weight is 195 g/mol. The molecule has 2 nitrogen and oxygen atoms in total. The minimum Gasteiger partial charge on any atom is -0.378 e. The van der Waals surface area contributed by atoms with E-state index in [2.05, 4.69) is 30.1 Å². The van der Waals surface area contributed by atoms with Crippen LogP contribution in [-0.2, 0) is 4.74 Å². The molecule has 13 heavy (non-hydrogen) atoms. The van der Waals surface area contributed by atoms with Gasteiger partial charge in [-0.3, -0.25) is 0 Å². The van der Waals surface area contributed by atoms with Gasteiger partial charge in [0.05, 0.1) is 19.3 Å². The lowest BCUT2D eigenvalue weighted by atomic mass is 10.1. The van der Waals surface area contributed by atoms with Gasteiger partial charge < -0.3 is 10.1 Å². The van der Waals surface area contributed by atoms with Crippen molar-refractivity contribution in [3.63, 3.8) is 0 Å². The molecule has 1 aliphatic rings. The number of morpholine rings is 1. The molecule has 1 heterocycles. The first-order valence-electron chi connectivity index (χ1n) is 4.46. The monoisotopic (exact) mass is 195 g/mol. The van der Waals surface area contributed by atoms with Gasteiger partial charge in [0.15, 0.2) is 0 Å². The fourth-order valence-electron chi connectivity index (χ4n) is 1.49. The molecule has 0 saturated carbocycles. The Kier molecular flexibility index (Phi) is 2.88. The van der Waals surface area contributed by atoms with Crippen molar-refractivity contribution in [2.45, 2.75) is 10.9 Å². The van der Waals surface area contributed by atoms with Crippen LogP contribution in [0.4, 0.5) is 0 Å². The van der Waals surface area contributed by atoms with E-state index in [-0.39, 0.29) is 0 Å². The van der Waals surface area contributed by atoms with E-state index in [0.29, 0.717) is 6.04 Å². The van der Waals surface area contributed by atoms with Crippen molar-refractivity contribution < 1.29 is 4.74 Å². The molecule has 1 saturated heterocycles. The third-order valence-electron chi connectivity index (χ3n) is 2.22. The van der Waals surface area contributed by atoms with Gasteiger partial charge in [-0.2, -0.15) is 0 Å². The zero-order chi connectivity index (χ0) is 9.10. The van der Waals surface area contributed by atoms with Gasteiger partial charge in [0, 0.05) is 11.4 Å². The predicted octanol–water partition coefficient (Wildman–Crippen LogP) is 1.64. The van der Waals surface area contributed by atoms with Crippen LogP contribution < -0.4 is 5.32 Å². The molecule has 0 bridgehead atoms. The zero-order valence-corrected chi connectivity index (χ0v) is 8.26. The molecule has 1 fully saturated rings. The van der Waals surface area contributed by atoms with Gasteiger partial charge in [-0.15, -0.1) is 12.6 Å². The summed E-state index contributed by atoms with van der Waals surface area (Å²) in [5.41, 5.74) is 1.28. The van der Waals surface area contributed by atoms with Gasteiger partial charge in [-0.25, -0.2) is 0 Å². The Hall–Kier alpha value is -0.510. The average Bonchev–Trinajstić information content (AvgIpc) is 2.20. The largest absolute Gasteiger partial charge is 0.378 e. The highest BCUT2D eigenvalue weighted by Crippen LogP contribution is 2.17.